The highest BCUT2D eigenvalue weighted by Crippen LogP contribution is 2.28. The van der Waals surface area contributed by atoms with E-state index in [9.17, 15) is 0 Å². The van der Waals surface area contributed by atoms with E-state index in [2.05, 4.69) is 21.7 Å². The van der Waals surface area contributed by atoms with E-state index >= 15 is 0 Å². The molecule has 16 heavy (non-hydrogen) atoms. The number of hydrogen-bond acceptors (Lipinski definition) is 4. The third-order valence-electron chi connectivity index (χ3n) is 3.31. The van der Waals surface area contributed by atoms with Crippen molar-refractivity contribution < 1.29 is 4.74 Å². The van der Waals surface area contributed by atoms with Gasteiger partial charge in [-0.15, -0.1) is 0 Å². The van der Waals surface area contributed by atoms with Crippen LogP contribution >= 0.6 is 11.3 Å². The minimum atomic E-state index is 0.396. The van der Waals surface area contributed by atoms with Crippen molar-refractivity contribution in [3.8, 4) is 0 Å². The molecule has 1 aromatic rings. The maximum Gasteiger partial charge on any atom is 0.0503 e. The molecule has 0 aliphatic carbocycles. The lowest BCUT2D eigenvalue weighted by Gasteiger charge is -2.26. The van der Waals surface area contributed by atoms with Crippen molar-refractivity contribution in [2.45, 2.75) is 12.5 Å². The minimum Gasteiger partial charge on any atom is -0.384 e. The van der Waals surface area contributed by atoms with Gasteiger partial charge in [0.1, 0.15) is 0 Å². The van der Waals surface area contributed by atoms with Crippen molar-refractivity contribution >= 4 is 11.3 Å². The van der Waals surface area contributed by atoms with Crippen molar-refractivity contribution in [2.24, 2.45) is 11.7 Å². The summed E-state index contributed by atoms with van der Waals surface area (Å²) in [5.41, 5.74) is 7.26. The molecular formula is C12H20N2OS. The Morgan fingerprint density at radius 2 is 2.56 bits per heavy atom. The number of rotatable bonds is 5. The molecule has 1 aliphatic heterocycles. The van der Waals surface area contributed by atoms with Crippen LogP contribution in [0.15, 0.2) is 16.8 Å². The van der Waals surface area contributed by atoms with Crippen LogP contribution in [0.25, 0.3) is 0 Å². The first-order valence-electron chi connectivity index (χ1n) is 5.80. The summed E-state index contributed by atoms with van der Waals surface area (Å²) in [4.78, 5) is 2.49. The van der Waals surface area contributed by atoms with E-state index in [1.165, 1.54) is 12.0 Å². The first-order valence-corrected chi connectivity index (χ1v) is 6.74. The van der Waals surface area contributed by atoms with Crippen LogP contribution in [0.4, 0.5) is 0 Å². The van der Waals surface area contributed by atoms with Gasteiger partial charge in [0.25, 0.3) is 0 Å². The van der Waals surface area contributed by atoms with Crippen LogP contribution in [0.2, 0.25) is 0 Å². The number of hydrogen-bond donors (Lipinski definition) is 1. The number of ether oxygens (including phenoxy) is 1. The first kappa shape index (κ1) is 12.0. The monoisotopic (exact) mass is 240 g/mol. The summed E-state index contributed by atoms with van der Waals surface area (Å²) in [6, 6.07) is 2.58. The highest BCUT2D eigenvalue weighted by molar-refractivity contribution is 7.07. The molecule has 1 aliphatic rings. The summed E-state index contributed by atoms with van der Waals surface area (Å²) in [6.07, 6.45) is 1.23. The summed E-state index contributed by atoms with van der Waals surface area (Å²) in [7, 11) is 1.78. The van der Waals surface area contributed by atoms with Crippen molar-refractivity contribution in [3.05, 3.63) is 22.4 Å². The molecule has 0 saturated carbocycles. The second-order valence-corrected chi connectivity index (χ2v) is 5.19. The Labute approximate surface area is 101 Å². The predicted molar refractivity (Wildman–Crippen MR) is 67.7 cm³/mol. The lowest BCUT2D eigenvalue weighted by atomic mass is 10.1. The van der Waals surface area contributed by atoms with E-state index in [1.807, 2.05) is 0 Å². The van der Waals surface area contributed by atoms with E-state index < -0.39 is 0 Å². The lowest BCUT2D eigenvalue weighted by Crippen LogP contribution is -2.32. The Hall–Kier alpha value is -0.420. The van der Waals surface area contributed by atoms with Gasteiger partial charge in [-0.1, -0.05) is 0 Å². The van der Waals surface area contributed by atoms with Gasteiger partial charge in [-0.3, -0.25) is 4.90 Å². The van der Waals surface area contributed by atoms with Gasteiger partial charge < -0.3 is 10.5 Å². The standard InChI is InChI=1S/C12H20N2OS/c1-15-8-10-2-4-14(7-10)12(6-13)11-3-5-16-9-11/h3,5,9-10,12H,2,4,6-8,13H2,1H3. The Morgan fingerprint density at radius 1 is 1.69 bits per heavy atom. The molecule has 0 spiro atoms. The van der Waals surface area contributed by atoms with E-state index in [4.69, 9.17) is 10.5 Å². The Balaban J connectivity index is 1.96. The fraction of sp³-hybridized carbons (Fsp3) is 0.667. The Bertz CT molecular complexity index is 302. The van der Waals surface area contributed by atoms with Crippen molar-refractivity contribution in [1.82, 2.24) is 4.90 Å². The summed E-state index contributed by atoms with van der Waals surface area (Å²) >= 11 is 1.75. The highest BCUT2D eigenvalue weighted by atomic mass is 32.1. The van der Waals surface area contributed by atoms with Gasteiger partial charge in [-0.25, -0.2) is 0 Å². The van der Waals surface area contributed by atoms with Gasteiger partial charge in [0, 0.05) is 26.2 Å². The van der Waals surface area contributed by atoms with Gasteiger partial charge >= 0.3 is 0 Å². The molecule has 0 amide bonds. The second-order valence-electron chi connectivity index (χ2n) is 4.41. The average molecular weight is 240 g/mol. The number of nitrogens with two attached hydrogens (primary N) is 1. The van der Waals surface area contributed by atoms with E-state index in [-0.39, 0.29) is 0 Å². The first-order chi connectivity index (χ1) is 7.85. The average Bonchev–Trinajstić information content (AvgIpc) is 2.92. The normalized spacial score (nSPS) is 23.8. The largest absolute Gasteiger partial charge is 0.384 e. The zero-order valence-electron chi connectivity index (χ0n) is 9.76. The van der Waals surface area contributed by atoms with Crippen LogP contribution in [0.1, 0.15) is 18.0 Å². The third-order valence-corrected chi connectivity index (χ3v) is 4.01. The summed E-state index contributed by atoms with van der Waals surface area (Å²) < 4.78 is 5.22. The van der Waals surface area contributed by atoms with Crippen LogP contribution in [0, 0.1) is 5.92 Å². The van der Waals surface area contributed by atoms with Crippen molar-refractivity contribution in [2.75, 3.05) is 33.4 Å². The van der Waals surface area contributed by atoms with E-state index in [0.717, 1.165) is 19.7 Å². The maximum absolute atomic E-state index is 5.89. The molecular weight excluding hydrogens is 220 g/mol. The maximum atomic E-state index is 5.89. The summed E-state index contributed by atoms with van der Waals surface area (Å²) in [5.74, 6) is 0.678. The van der Waals surface area contributed by atoms with E-state index in [0.29, 0.717) is 18.5 Å². The van der Waals surface area contributed by atoms with Crippen LogP contribution in [-0.4, -0.2) is 38.3 Å². The number of likely N-dealkylation sites (tertiary alicyclic amines) is 1. The summed E-state index contributed by atoms with van der Waals surface area (Å²) in [6.45, 7) is 3.84. The number of thiophene rings is 1. The lowest BCUT2D eigenvalue weighted by molar-refractivity contribution is 0.147. The molecule has 1 aromatic heterocycles. The van der Waals surface area contributed by atoms with Gasteiger partial charge in [0.05, 0.1) is 6.61 Å². The summed E-state index contributed by atoms with van der Waals surface area (Å²) in [5, 5.41) is 4.34. The minimum absolute atomic E-state index is 0.396. The zero-order chi connectivity index (χ0) is 11.4. The molecule has 90 valence electrons. The highest BCUT2D eigenvalue weighted by Gasteiger charge is 2.28. The molecule has 2 unspecified atom stereocenters. The fourth-order valence-corrected chi connectivity index (χ4v) is 3.19. The second kappa shape index (κ2) is 5.77. The molecule has 2 N–H and O–H groups in total. The SMILES string of the molecule is COCC1CCN(C(CN)c2ccsc2)C1. The molecule has 3 nitrogen and oxygen atoms in total. The molecule has 0 aromatic carbocycles. The van der Waals surface area contributed by atoms with Gasteiger partial charge in [-0.2, -0.15) is 11.3 Å². The number of methoxy groups -OCH3 is 1. The predicted octanol–water partition coefficient (Wildman–Crippen LogP) is 1.72. The van der Waals surface area contributed by atoms with Crippen LogP contribution < -0.4 is 5.73 Å². The third kappa shape index (κ3) is 2.63. The smallest absolute Gasteiger partial charge is 0.0503 e. The van der Waals surface area contributed by atoms with Gasteiger partial charge in [0.2, 0.25) is 0 Å². The quantitative estimate of drug-likeness (QED) is 0.851. The van der Waals surface area contributed by atoms with E-state index in [1.54, 1.807) is 18.4 Å². The molecule has 0 radical (unpaired) electrons. The molecule has 1 saturated heterocycles. The molecule has 2 atom stereocenters. The van der Waals surface area contributed by atoms with Crippen LogP contribution in [-0.2, 0) is 4.74 Å². The van der Waals surface area contributed by atoms with Crippen molar-refractivity contribution in [1.29, 1.82) is 0 Å². The molecule has 2 heterocycles. The fourth-order valence-electron chi connectivity index (χ4n) is 2.48. The molecule has 0 bridgehead atoms. The van der Waals surface area contributed by atoms with Crippen LogP contribution in [0.3, 0.4) is 0 Å². The topological polar surface area (TPSA) is 38.5 Å². The number of nitrogens with zero attached hydrogens (tertiary/aromatic N) is 1. The van der Waals surface area contributed by atoms with Gasteiger partial charge in [0.15, 0.2) is 0 Å². The zero-order valence-corrected chi connectivity index (χ0v) is 10.6. The molecule has 4 heteroatoms. The molecule has 2 rings (SSSR count). The Kier molecular flexibility index (Phi) is 4.35. The van der Waals surface area contributed by atoms with Gasteiger partial charge in [-0.05, 0) is 41.3 Å². The Morgan fingerprint density at radius 3 is 3.19 bits per heavy atom. The van der Waals surface area contributed by atoms with Crippen LogP contribution in [0.5, 0.6) is 0 Å². The van der Waals surface area contributed by atoms with Crippen molar-refractivity contribution in [3.63, 3.8) is 0 Å². The molecule has 1 fully saturated rings.